The van der Waals surface area contributed by atoms with Crippen LogP contribution in [0.3, 0.4) is 0 Å². The van der Waals surface area contributed by atoms with E-state index in [1.807, 2.05) is 68.4 Å². The predicted molar refractivity (Wildman–Crippen MR) is 144 cm³/mol. The number of urea groups is 1. The lowest BCUT2D eigenvalue weighted by Gasteiger charge is -2.26. The lowest BCUT2D eigenvalue weighted by molar-refractivity contribution is -0.117. The highest BCUT2D eigenvalue weighted by Crippen LogP contribution is 2.33. The number of hydrogen-bond donors (Lipinski definition) is 2. The van der Waals surface area contributed by atoms with Crippen LogP contribution in [0.15, 0.2) is 78.9 Å². The number of halogens is 1. The summed E-state index contributed by atoms with van der Waals surface area (Å²) in [6, 6.07) is 22.6. The highest BCUT2D eigenvalue weighted by Gasteiger charge is 2.24. The highest BCUT2D eigenvalue weighted by molar-refractivity contribution is 5.99. The quantitative estimate of drug-likeness (QED) is 0.319. The second-order valence-electron chi connectivity index (χ2n) is 9.10. The van der Waals surface area contributed by atoms with Crippen molar-refractivity contribution in [3.63, 3.8) is 0 Å². The second kappa shape index (κ2) is 11.1. The molecule has 0 aliphatic carbocycles. The number of nitrogens with zero attached hydrogens (tertiary/aromatic N) is 3. The number of nitrogens with one attached hydrogen (secondary N) is 2. The van der Waals surface area contributed by atoms with Crippen molar-refractivity contribution < 1.29 is 14.0 Å². The third kappa shape index (κ3) is 5.86. The second-order valence-corrected chi connectivity index (χ2v) is 9.10. The molecule has 0 aliphatic rings. The van der Waals surface area contributed by atoms with Gasteiger partial charge in [-0.3, -0.25) is 4.79 Å². The molecule has 0 atom stereocenters. The van der Waals surface area contributed by atoms with Crippen molar-refractivity contribution >= 4 is 23.4 Å². The molecule has 37 heavy (non-hydrogen) atoms. The van der Waals surface area contributed by atoms with Crippen LogP contribution < -0.4 is 10.6 Å². The Morgan fingerprint density at radius 1 is 0.919 bits per heavy atom. The van der Waals surface area contributed by atoms with Crippen molar-refractivity contribution in [3.8, 4) is 16.8 Å². The van der Waals surface area contributed by atoms with E-state index in [1.165, 1.54) is 17.0 Å². The number of carbonyl (C=O) groups is 2. The topological polar surface area (TPSA) is 79.3 Å². The fourth-order valence-electron chi connectivity index (χ4n) is 4.03. The zero-order chi connectivity index (χ0) is 26.5. The summed E-state index contributed by atoms with van der Waals surface area (Å²) in [6.45, 7) is 7.26. The largest absolute Gasteiger partial charge is 0.322 e. The number of para-hydroxylation sites is 1. The van der Waals surface area contributed by atoms with Gasteiger partial charge in [-0.2, -0.15) is 5.10 Å². The van der Waals surface area contributed by atoms with Gasteiger partial charge in [0.2, 0.25) is 5.91 Å². The van der Waals surface area contributed by atoms with E-state index in [0.717, 1.165) is 28.1 Å². The highest BCUT2D eigenvalue weighted by atomic mass is 19.1. The van der Waals surface area contributed by atoms with E-state index in [2.05, 4.69) is 10.6 Å². The molecule has 0 bridgehead atoms. The molecule has 0 spiro atoms. The first-order chi connectivity index (χ1) is 17.7. The Kier molecular flexibility index (Phi) is 7.67. The first-order valence-electron chi connectivity index (χ1n) is 12.1. The number of hydrogen-bond acceptors (Lipinski definition) is 3. The predicted octanol–water partition coefficient (Wildman–Crippen LogP) is 6.18. The summed E-state index contributed by atoms with van der Waals surface area (Å²) in [6.07, 6.45) is 0. The van der Waals surface area contributed by atoms with Crippen LogP contribution in [0.4, 0.5) is 20.7 Å². The maximum atomic E-state index is 14.1. The van der Waals surface area contributed by atoms with Gasteiger partial charge in [-0.15, -0.1) is 0 Å². The Morgan fingerprint density at radius 2 is 1.57 bits per heavy atom. The van der Waals surface area contributed by atoms with Crippen molar-refractivity contribution in [2.45, 2.75) is 33.7 Å². The molecule has 0 aliphatic heterocycles. The van der Waals surface area contributed by atoms with Gasteiger partial charge >= 0.3 is 6.03 Å². The number of anilines is 2. The van der Waals surface area contributed by atoms with Gasteiger partial charge in [-0.25, -0.2) is 13.9 Å². The molecule has 8 heteroatoms. The fraction of sp³-hybridized carbons (Fsp3) is 0.207. The average Bonchev–Trinajstić information content (AvgIpc) is 3.20. The minimum Gasteiger partial charge on any atom is -0.313 e. The minimum absolute atomic E-state index is 0.0537. The van der Waals surface area contributed by atoms with Gasteiger partial charge in [-0.05, 0) is 57.5 Å². The summed E-state index contributed by atoms with van der Waals surface area (Å²) < 4.78 is 15.8. The summed E-state index contributed by atoms with van der Waals surface area (Å²) in [5.41, 5.74) is 4.41. The molecule has 7 nitrogen and oxygen atoms in total. The number of carbonyl (C=O) groups excluding carboxylic acids is 2. The molecule has 2 N–H and O–H groups in total. The van der Waals surface area contributed by atoms with Gasteiger partial charge in [0.15, 0.2) is 0 Å². The molecule has 0 saturated carbocycles. The summed E-state index contributed by atoms with van der Waals surface area (Å²) in [4.78, 5) is 27.6. The van der Waals surface area contributed by atoms with E-state index < -0.39 is 17.8 Å². The molecule has 190 valence electrons. The van der Waals surface area contributed by atoms with Gasteiger partial charge in [0, 0.05) is 11.6 Å². The summed E-state index contributed by atoms with van der Waals surface area (Å²) >= 11 is 0. The van der Waals surface area contributed by atoms with Crippen LogP contribution >= 0.6 is 0 Å². The molecule has 3 aromatic carbocycles. The van der Waals surface area contributed by atoms with Gasteiger partial charge in [0.05, 0.1) is 17.1 Å². The Morgan fingerprint density at radius 3 is 2.22 bits per heavy atom. The lowest BCUT2D eigenvalue weighted by atomic mass is 10.1. The SMILES string of the molecule is Cc1ccc(-n2nc(C)c(-c3ccccc3)c2NC(=O)CN(C(=O)Nc2ccccc2F)C(C)C)cc1. The maximum absolute atomic E-state index is 14.1. The molecule has 1 heterocycles. The van der Waals surface area contributed by atoms with Crippen molar-refractivity contribution in [3.05, 3.63) is 95.9 Å². The van der Waals surface area contributed by atoms with Crippen LogP contribution in [0, 0.1) is 19.7 Å². The molecule has 4 aromatic rings. The minimum atomic E-state index is -0.568. The van der Waals surface area contributed by atoms with Crippen LogP contribution in [0.25, 0.3) is 16.8 Å². The number of amides is 3. The molecule has 0 radical (unpaired) electrons. The summed E-state index contributed by atoms with van der Waals surface area (Å²) in [7, 11) is 0. The van der Waals surface area contributed by atoms with Gasteiger partial charge in [0.25, 0.3) is 0 Å². The third-order valence-electron chi connectivity index (χ3n) is 5.97. The van der Waals surface area contributed by atoms with Crippen LogP contribution in [0.2, 0.25) is 0 Å². The third-order valence-corrected chi connectivity index (χ3v) is 5.97. The van der Waals surface area contributed by atoms with E-state index in [4.69, 9.17) is 5.10 Å². The molecule has 4 rings (SSSR count). The first kappa shape index (κ1) is 25.6. The Balaban J connectivity index is 1.64. The van der Waals surface area contributed by atoms with Gasteiger partial charge < -0.3 is 15.5 Å². The molecular weight excluding hydrogens is 469 g/mol. The standard InChI is InChI=1S/C29H30FN5O2/c1-19(2)34(29(37)31-25-13-9-8-12-24(25)30)18-26(36)32-28-27(22-10-6-5-7-11-22)21(4)33-35(28)23-16-14-20(3)15-17-23/h5-17,19H,18H2,1-4H3,(H,31,37)(H,32,36). The van der Waals surface area contributed by atoms with E-state index in [0.29, 0.717) is 5.82 Å². The average molecular weight is 500 g/mol. The van der Waals surface area contributed by atoms with Crippen LogP contribution in [0.1, 0.15) is 25.1 Å². The number of aryl methyl sites for hydroxylation is 2. The Bertz CT molecular complexity index is 1400. The van der Waals surface area contributed by atoms with E-state index in [1.54, 1.807) is 30.7 Å². The van der Waals surface area contributed by atoms with Crippen molar-refractivity contribution in [2.75, 3.05) is 17.2 Å². The smallest absolute Gasteiger partial charge is 0.313 e. The number of benzene rings is 3. The van der Waals surface area contributed by atoms with Crippen LogP contribution in [0.5, 0.6) is 0 Å². The summed E-state index contributed by atoms with van der Waals surface area (Å²) in [5, 5.41) is 10.3. The molecule has 3 amide bonds. The molecule has 0 unspecified atom stereocenters. The summed E-state index contributed by atoms with van der Waals surface area (Å²) in [5.74, 6) is -0.437. The first-order valence-corrected chi connectivity index (χ1v) is 12.1. The van der Waals surface area contributed by atoms with Crippen LogP contribution in [-0.4, -0.2) is 39.2 Å². The van der Waals surface area contributed by atoms with E-state index in [-0.39, 0.29) is 18.3 Å². The van der Waals surface area contributed by atoms with Crippen LogP contribution in [-0.2, 0) is 4.79 Å². The van der Waals surface area contributed by atoms with E-state index >= 15 is 0 Å². The Hall–Kier alpha value is -4.46. The molecule has 0 fully saturated rings. The van der Waals surface area contributed by atoms with Gasteiger partial charge in [0.1, 0.15) is 18.2 Å². The molecule has 0 saturated heterocycles. The number of aromatic nitrogens is 2. The fourth-order valence-corrected chi connectivity index (χ4v) is 4.03. The van der Waals surface area contributed by atoms with E-state index in [9.17, 15) is 14.0 Å². The van der Waals surface area contributed by atoms with Crippen molar-refractivity contribution in [1.29, 1.82) is 0 Å². The number of rotatable bonds is 7. The monoisotopic (exact) mass is 499 g/mol. The van der Waals surface area contributed by atoms with Crippen molar-refractivity contribution in [2.24, 2.45) is 0 Å². The zero-order valence-electron chi connectivity index (χ0n) is 21.3. The van der Waals surface area contributed by atoms with Gasteiger partial charge in [-0.1, -0.05) is 60.2 Å². The van der Waals surface area contributed by atoms with Crippen molar-refractivity contribution in [1.82, 2.24) is 14.7 Å². The lowest BCUT2D eigenvalue weighted by Crippen LogP contribution is -2.44. The Labute approximate surface area is 215 Å². The zero-order valence-corrected chi connectivity index (χ0v) is 21.3. The normalized spacial score (nSPS) is 10.9. The maximum Gasteiger partial charge on any atom is 0.322 e. The molecule has 1 aromatic heterocycles. The molecular formula is C29H30FN5O2.